The van der Waals surface area contributed by atoms with Crippen LogP contribution in [0.4, 0.5) is 4.39 Å². The lowest BCUT2D eigenvalue weighted by Crippen LogP contribution is -2.32. The van der Waals surface area contributed by atoms with Crippen molar-refractivity contribution >= 4 is 17.2 Å². The molecule has 6 heteroatoms. The molecular weight excluding hydrogens is 301 g/mol. The third kappa shape index (κ3) is 4.35. The van der Waals surface area contributed by atoms with E-state index in [0.29, 0.717) is 17.1 Å². The molecule has 4 nitrogen and oxygen atoms in total. The van der Waals surface area contributed by atoms with Crippen molar-refractivity contribution < 1.29 is 9.18 Å². The standard InChI is InChI=1S/C16H20FN3OS/c1-11-14(10-15(21)18-8-9-20(2)3)22-16(19-11)12-6-4-5-7-13(12)17/h4-7H,8-10H2,1-3H3,(H,18,21). The average Bonchev–Trinajstić information content (AvgIpc) is 2.80. The molecule has 1 amide bonds. The van der Waals surface area contributed by atoms with E-state index in [0.717, 1.165) is 17.1 Å². The number of carbonyl (C=O) groups excluding carboxylic acids is 1. The van der Waals surface area contributed by atoms with Crippen LogP contribution < -0.4 is 5.32 Å². The van der Waals surface area contributed by atoms with Crippen LogP contribution in [0.3, 0.4) is 0 Å². The first-order valence-electron chi connectivity index (χ1n) is 7.10. The highest BCUT2D eigenvalue weighted by Gasteiger charge is 2.14. The molecule has 0 radical (unpaired) electrons. The summed E-state index contributed by atoms with van der Waals surface area (Å²) in [5, 5.41) is 3.49. The maximum absolute atomic E-state index is 13.8. The van der Waals surface area contributed by atoms with E-state index in [-0.39, 0.29) is 18.1 Å². The van der Waals surface area contributed by atoms with Crippen molar-refractivity contribution in [2.75, 3.05) is 27.2 Å². The average molecular weight is 321 g/mol. The maximum atomic E-state index is 13.8. The number of benzene rings is 1. The van der Waals surface area contributed by atoms with Crippen LogP contribution in [0.25, 0.3) is 10.6 Å². The lowest BCUT2D eigenvalue weighted by molar-refractivity contribution is -0.120. The predicted octanol–water partition coefficient (Wildman–Crippen LogP) is 2.48. The molecule has 0 aliphatic rings. The summed E-state index contributed by atoms with van der Waals surface area (Å²) in [7, 11) is 3.92. The van der Waals surface area contributed by atoms with E-state index in [1.807, 2.05) is 25.9 Å². The van der Waals surface area contributed by atoms with Crippen molar-refractivity contribution in [1.29, 1.82) is 0 Å². The minimum Gasteiger partial charge on any atom is -0.355 e. The number of rotatable bonds is 6. The van der Waals surface area contributed by atoms with E-state index in [2.05, 4.69) is 10.3 Å². The number of hydrogen-bond acceptors (Lipinski definition) is 4. The molecule has 1 N–H and O–H groups in total. The van der Waals surface area contributed by atoms with E-state index in [9.17, 15) is 9.18 Å². The summed E-state index contributed by atoms with van der Waals surface area (Å²) in [5.74, 6) is -0.327. The fraction of sp³-hybridized carbons (Fsp3) is 0.375. The van der Waals surface area contributed by atoms with Gasteiger partial charge in [-0.2, -0.15) is 0 Å². The molecule has 1 heterocycles. The predicted molar refractivity (Wildman–Crippen MR) is 87.5 cm³/mol. The first-order valence-corrected chi connectivity index (χ1v) is 7.91. The lowest BCUT2D eigenvalue weighted by Gasteiger charge is -2.09. The first kappa shape index (κ1) is 16.6. The Bertz CT molecular complexity index is 655. The largest absolute Gasteiger partial charge is 0.355 e. The minimum absolute atomic E-state index is 0.0336. The van der Waals surface area contributed by atoms with Gasteiger partial charge in [-0.3, -0.25) is 4.79 Å². The van der Waals surface area contributed by atoms with Gasteiger partial charge in [0.1, 0.15) is 10.8 Å². The van der Waals surface area contributed by atoms with Crippen LogP contribution in [0.15, 0.2) is 24.3 Å². The molecule has 0 saturated carbocycles. The van der Waals surface area contributed by atoms with Crippen molar-refractivity contribution in [2.24, 2.45) is 0 Å². The molecule has 0 fully saturated rings. The number of aryl methyl sites for hydroxylation is 1. The zero-order valence-corrected chi connectivity index (χ0v) is 13.8. The van der Waals surface area contributed by atoms with Gasteiger partial charge in [-0.1, -0.05) is 12.1 Å². The second kappa shape index (κ2) is 7.47. The molecule has 2 rings (SSSR count). The van der Waals surface area contributed by atoms with Gasteiger partial charge < -0.3 is 10.2 Å². The van der Waals surface area contributed by atoms with Crippen molar-refractivity contribution in [1.82, 2.24) is 15.2 Å². The Morgan fingerprint density at radius 1 is 1.36 bits per heavy atom. The molecule has 0 bridgehead atoms. The molecule has 2 aromatic rings. The molecule has 1 aromatic heterocycles. The summed E-state index contributed by atoms with van der Waals surface area (Å²) < 4.78 is 13.8. The van der Waals surface area contributed by atoms with Gasteiger partial charge in [0.15, 0.2) is 0 Å². The third-order valence-corrected chi connectivity index (χ3v) is 4.39. The van der Waals surface area contributed by atoms with Crippen molar-refractivity contribution in [2.45, 2.75) is 13.3 Å². The highest BCUT2D eigenvalue weighted by atomic mass is 32.1. The minimum atomic E-state index is -0.293. The summed E-state index contributed by atoms with van der Waals surface area (Å²) in [4.78, 5) is 19.2. The van der Waals surface area contributed by atoms with E-state index in [4.69, 9.17) is 0 Å². The van der Waals surface area contributed by atoms with Crippen molar-refractivity contribution in [3.05, 3.63) is 40.7 Å². The Labute approximate surface area is 134 Å². The van der Waals surface area contributed by atoms with Gasteiger partial charge >= 0.3 is 0 Å². The number of likely N-dealkylation sites (N-methyl/N-ethyl adjacent to an activating group) is 1. The number of aromatic nitrogens is 1. The first-order chi connectivity index (χ1) is 10.5. The number of halogens is 1. The highest BCUT2D eigenvalue weighted by Crippen LogP contribution is 2.29. The van der Waals surface area contributed by atoms with E-state index in [1.54, 1.807) is 18.2 Å². The summed E-state index contributed by atoms with van der Waals surface area (Å²) in [6.07, 6.45) is 0.283. The summed E-state index contributed by atoms with van der Waals surface area (Å²) >= 11 is 1.37. The fourth-order valence-electron chi connectivity index (χ4n) is 1.97. The van der Waals surface area contributed by atoms with E-state index >= 15 is 0 Å². The van der Waals surface area contributed by atoms with Crippen LogP contribution >= 0.6 is 11.3 Å². The van der Waals surface area contributed by atoms with Gasteiger partial charge in [0.2, 0.25) is 5.91 Å². The zero-order chi connectivity index (χ0) is 16.1. The second-order valence-electron chi connectivity index (χ2n) is 5.34. The second-order valence-corrected chi connectivity index (χ2v) is 6.42. The zero-order valence-electron chi connectivity index (χ0n) is 13.0. The van der Waals surface area contributed by atoms with Gasteiger partial charge in [-0.05, 0) is 33.2 Å². The Kier molecular flexibility index (Phi) is 5.63. The van der Waals surface area contributed by atoms with Crippen LogP contribution in [0, 0.1) is 12.7 Å². The Hall–Kier alpha value is -1.79. The summed E-state index contributed by atoms with van der Waals surface area (Å²) in [6, 6.07) is 6.55. The molecule has 1 aromatic carbocycles. The number of hydrogen-bond donors (Lipinski definition) is 1. The monoisotopic (exact) mass is 321 g/mol. The Morgan fingerprint density at radius 2 is 2.09 bits per heavy atom. The quantitative estimate of drug-likeness (QED) is 0.889. The summed E-state index contributed by atoms with van der Waals surface area (Å²) in [6.45, 7) is 3.26. The highest BCUT2D eigenvalue weighted by molar-refractivity contribution is 7.15. The molecule has 0 aliphatic heterocycles. The number of thiazole rings is 1. The normalized spacial score (nSPS) is 11.0. The van der Waals surface area contributed by atoms with Crippen LogP contribution in [-0.2, 0) is 11.2 Å². The molecule has 0 aliphatic carbocycles. The molecule has 0 spiro atoms. The lowest BCUT2D eigenvalue weighted by atomic mass is 10.2. The van der Waals surface area contributed by atoms with E-state index < -0.39 is 0 Å². The number of carbonyl (C=O) groups is 1. The third-order valence-electron chi connectivity index (χ3n) is 3.20. The molecule has 0 unspecified atom stereocenters. The SMILES string of the molecule is Cc1nc(-c2ccccc2F)sc1CC(=O)NCCN(C)C. The number of nitrogens with zero attached hydrogens (tertiary/aromatic N) is 2. The van der Waals surface area contributed by atoms with Gasteiger partial charge in [0.05, 0.1) is 12.1 Å². The number of amides is 1. The fourth-order valence-corrected chi connectivity index (χ4v) is 3.06. The maximum Gasteiger partial charge on any atom is 0.225 e. The van der Waals surface area contributed by atoms with Crippen LogP contribution in [0.2, 0.25) is 0 Å². The smallest absolute Gasteiger partial charge is 0.225 e. The van der Waals surface area contributed by atoms with E-state index in [1.165, 1.54) is 17.4 Å². The Balaban J connectivity index is 2.04. The van der Waals surface area contributed by atoms with Gasteiger partial charge in [0.25, 0.3) is 0 Å². The van der Waals surface area contributed by atoms with Gasteiger partial charge in [-0.15, -0.1) is 11.3 Å². The summed E-state index contributed by atoms with van der Waals surface area (Å²) in [5.41, 5.74) is 1.26. The van der Waals surface area contributed by atoms with Crippen LogP contribution in [0.1, 0.15) is 10.6 Å². The molecular formula is C16H20FN3OS. The molecule has 118 valence electrons. The molecule has 0 saturated heterocycles. The molecule has 22 heavy (non-hydrogen) atoms. The van der Waals surface area contributed by atoms with Crippen molar-refractivity contribution in [3.63, 3.8) is 0 Å². The van der Waals surface area contributed by atoms with Crippen LogP contribution in [-0.4, -0.2) is 43.0 Å². The topological polar surface area (TPSA) is 45.2 Å². The van der Waals surface area contributed by atoms with Crippen LogP contribution in [0.5, 0.6) is 0 Å². The number of nitrogens with one attached hydrogen (secondary N) is 1. The molecule has 0 atom stereocenters. The van der Waals surface area contributed by atoms with Gasteiger partial charge in [-0.25, -0.2) is 9.37 Å². The van der Waals surface area contributed by atoms with Crippen molar-refractivity contribution in [3.8, 4) is 10.6 Å². The Morgan fingerprint density at radius 3 is 2.77 bits per heavy atom. The van der Waals surface area contributed by atoms with Gasteiger partial charge in [0, 0.05) is 23.5 Å².